The Kier molecular flexibility index (Phi) is 6.79. The molecule has 1 amide bonds. The van der Waals surface area contributed by atoms with Gasteiger partial charge >= 0.3 is 0 Å². The Balaban J connectivity index is 2.66. The molecule has 0 saturated heterocycles. The van der Waals surface area contributed by atoms with Gasteiger partial charge in [-0.3, -0.25) is 9.78 Å². The van der Waals surface area contributed by atoms with Gasteiger partial charge in [-0.15, -0.1) is 0 Å². The lowest BCUT2D eigenvalue weighted by atomic mass is 9.81. The average Bonchev–Trinajstić information content (AvgIpc) is 2.42. The third kappa shape index (κ3) is 7.15. The molecule has 130 valence electrons. The second-order valence-electron chi connectivity index (χ2n) is 8.63. The van der Waals surface area contributed by atoms with Gasteiger partial charge in [-0.25, -0.2) is 0 Å². The zero-order valence-electron chi connectivity index (χ0n) is 15.9. The number of pyridine rings is 1. The van der Waals surface area contributed by atoms with Crippen LogP contribution >= 0.6 is 0 Å². The number of aromatic nitrogens is 1. The molecule has 1 heterocycles. The molecule has 1 aromatic rings. The fourth-order valence-electron chi connectivity index (χ4n) is 3.53. The van der Waals surface area contributed by atoms with Gasteiger partial charge in [0, 0.05) is 23.9 Å². The Morgan fingerprint density at radius 3 is 2.22 bits per heavy atom. The highest BCUT2D eigenvalue weighted by atomic mass is 16.2. The van der Waals surface area contributed by atoms with Crippen molar-refractivity contribution in [1.29, 1.82) is 0 Å². The smallest absolute Gasteiger partial charge is 0.223 e. The summed E-state index contributed by atoms with van der Waals surface area (Å²) in [5, 5.41) is 3.24. The Hall–Kier alpha value is -1.38. The lowest BCUT2D eigenvalue weighted by Crippen LogP contribution is -2.47. The van der Waals surface area contributed by atoms with Gasteiger partial charge in [0.2, 0.25) is 5.91 Å². The van der Waals surface area contributed by atoms with Crippen LogP contribution in [0.2, 0.25) is 0 Å². The van der Waals surface area contributed by atoms with Gasteiger partial charge < -0.3 is 5.32 Å². The fourth-order valence-corrected chi connectivity index (χ4v) is 3.53. The molecule has 0 aromatic carbocycles. The van der Waals surface area contributed by atoms with E-state index in [0.717, 1.165) is 19.3 Å². The number of nitrogens with zero attached hydrogens (tertiary/aromatic N) is 1. The van der Waals surface area contributed by atoms with Crippen LogP contribution in [0.15, 0.2) is 24.5 Å². The molecule has 2 unspecified atom stereocenters. The standard InChI is InChI=1S/C20H34N2O/c1-8-16(17-9-11-21-12-10-17)13-15(2)18(23)22-20(6,7)14-19(3,4)5/h9-12,15-16H,8,13-14H2,1-7H3,(H,22,23). The minimum Gasteiger partial charge on any atom is -0.351 e. The topological polar surface area (TPSA) is 42.0 Å². The minimum atomic E-state index is -0.179. The lowest BCUT2D eigenvalue weighted by Gasteiger charge is -2.34. The van der Waals surface area contributed by atoms with Gasteiger partial charge in [-0.2, -0.15) is 0 Å². The van der Waals surface area contributed by atoms with Crippen LogP contribution in [0.1, 0.15) is 79.2 Å². The molecule has 0 aliphatic heterocycles. The molecule has 0 fully saturated rings. The summed E-state index contributed by atoms with van der Waals surface area (Å²) >= 11 is 0. The Bertz CT molecular complexity index is 488. The molecule has 3 heteroatoms. The molecule has 23 heavy (non-hydrogen) atoms. The van der Waals surface area contributed by atoms with E-state index in [0.29, 0.717) is 5.92 Å². The molecular weight excluding hydrogens is 284 g/mol. The largest absolute Gasteiger partial charge is 0.351 e. The van der Waals surface area contributed by atoms with Crippen LogP contribution < -0.4 is 5.32 Å². The van der Waals surface area contributed by atoms with Crippen LogP contribution in [0, 0.1) is 11.3 Å². The van der Waals surface area contributed by atoms with Crippen molar-refractivity contribution in [3.8, 4) is 0 Å². The van der Waals surface area contributed by atoms with Crippen LogP contribution in [0.4, 0.5) is 0 Å². The van der Waals surface area contributed by atoms with Crippen LogP contribution in [0.3, 0.4) is 0 Å². The average molecular weight is 319 g/mol. The molecule has 1 N–H and O–H groups in total. The predicted octanol–water partition coefficient (Wildman–Crippen LogP) is 4.93. The molecule has 0 bridgehead atoms. The quantitative estimate of drug-likeness (QED) is 0.774. The number of carbonyl (C=O) groups is 1. The number of hydrogen-bond acceptors (Lipinski definition) is 2. The summed E-state index contributed by atoms with van der Waals surface area (Å²) in [6.07, 6.45) is 6.52. The van der Waals surface area contributed by atoms with Crippen molar-refractivity contribution in [2.75, 3.05) is 0 Å². The minimum absolute atomic E-state index is 0.00681. The van der Waals surface area contributed by atoms with Crippen LogP contribution in [-0.4, -0.2) is 16.4 Å². The van der Waals surface area contributed by atoms with Gasteiger partial charge in [0.25, 0.3) is 0 Å². The molecule has 2 atom stereocenters. The van der Waals surface area contributed by atoms with E-state index in [1.807, 2.05) is 19.3 Å². The van der Waals surface area contributed by atoms with Crippen LogP contribution in [0.5, 0.6) is 0 Å². The third-order valence-corrected chi connectivity index (χ3v) is 4.19. The Morgan fingerprint density at radius 1 is 1.17 bits per heavy atom. The molecular formula is C20H34N2O. The molecule has 0 aliphatic carbocycles. The van der Waals surface area contributed by atoms with Crippen molar-refractivity contribution in [1.82, 2.24) is 10.3 Å². The highest BCUT2D eigenvalue weighted by Crippen LogP contribution is 2.29. The summed E-state index contributed by atoms with van der Waals surface area (Å²) in [5.74, 6) is 0.573. The maximum atomic E-state index is 12.6. The zero-order valence-corrected chi connectivity index (χ0v) is 15.9. The zero-order chi connectivity index (χ0) is 17.7. The number of nitrogens with one attached hydrogen (secondary N) is 1. The highest BCUT2D eigenvalue weighted by molar-refractivity contribution is 5.79. The second-order valence-corrected chi connectivity index (χ2v) is 8.63. The molecule has 0 spiro atoms. The molecule has 0 radical (unpaired) electrons. The van der Waals surface area contributed by atoms with Gasteiger partial charge in [0.05, 0.1) is 0 Å². The van der Waals surface area contributed by atoms with E-state index in [4.69, 9.17) is 0 Å². The highest BCUT2D eigenvalue weighted by Gasteiger charge is 2.29. The summed E-state index contributed by atoms with van der Waals surface area (Å²) < 4.78 is 0. The first-order valence-corrected chi connectivity index (χ1v) is 8.76. The van der Waals surface area contributed by atoms with E-state index in [1.54, 1.807) is 0 Å². The molecule has 0 saturated carbocycles. The maximum absolute atomic E-state index is 12.6. The van der Waals surface area contributed by atoms with Crippen molar-refractivity contribution in [3.05, 3.63) is 30.1 Å². The molecule has 1 aromatic heterocycles. The fraction of sp³-hybridized carbons (Fsp3) is 0.700. The van der Waals surface area contributed by atoms with Gasteiger partial charge in [-0.05, 0) is 62.1 Å². The van der Waals surface area contributed by atoms with Crippen molar-refractivity contribution >= 4 is 5.91 Å². The number of carbonyl (C=O) groups excluding carboxylic acids is 1. The van der Waals surface area contributed by atoms with Crippen molar-refractivity contribution in [2.45, 2.75) is 79.2 Å². The van der Waals surface area contributed by atoms with Crippen molar-refractivity contribution < 1.29 is 4.79 Å². The maximum Gasteiger partial charge on any atom is 0.223 e. The van der Waals surface area contributed by atoms with Crippen molar-refractivity contribution in [3.63, 3.8) is 0 Å². The molecule has 0 aliphatic rings. The number of hydrogen-bond donors (Lipinski definition) is 1. The SMILES string of the molecule is CCC(CC(C)C(=O)NC(C)(C)CC(C)(C)C)c1ccncc1. The van der Waals surface area contributed by atoms with Gasteiger partial charge in [-0.1, -0.05) is 34.6 Å². The lowest BCUT2D eigenvalue weighted by molar-refractivity contribution is -0.126. The first-order chi connectivity index (χ1) is 10.5. The summed E-state index contributed by atoms with van der Waals surface area (Å²) in [6, 6.07) is 4.12. The van der Waals surface area contributed by atoms with E-state index < -0.39 is 0 Å². The monoisotopic (exact) mass is 318 g/mol. The molecule has 1 rings (SSSR count). The summed E-state index contributed by atoms with van der Waals surface area (Å²) in [6.45, 7) is 15.1. The Labute approximate surface area is 142 Å². The van der Waals surface area contributed by atoms with E-state index in [1.165, 1.54) is 5.56 Å². The van der Waals surface area contributed by atoms with E-state index in [9.17, 15) is 4.79 Å². The van der Waals surface area contributed by atoms with E-state index in [-0.39, 0.29) is 22.8 Å². The van der Waals surface area contributed by atoms with E-state index >= 15 is 0 Å². The number of rotatable bonds is 7. The summed E-state index contributed by atoms with van der Waals surface area (Å²) in [7, 11) is 0. The van der Waals surface area contributed by atoms with Crippen LogP contribution in [0.25, 0.3) is 0 Å². The van der Waals surface area contributed by atoms with E-state index in [2.05, 4.69) is 64.0 Å². The third-order valence-electron chi connectivity index (χ3n) is 4.19. The van der Waals surface area contributed by atoms with Crippen LogP contribution in [-0.2, 0) is 4.79 Å². The molecule has 3 nitrogen and oxygen atoms in total. The summed E-state index contributed by atoms with van der Waals surface area (Å²) in [5.41, 5.74) is 1.29. The number of amides is 1. The predicted molar refractivity (Wildman–Crippen MR) is 97.3 cm³/mol. The van der Waals surface area contributed by atoms with Gasteiger partial charge in [0.1, 0.15) is 0 Å². The first kappa shape index (κ1) is 19.7. The first-order valence-electron chi connectivity index (χ1n) is 8.76. The van der Waals surface area contributed by atoms with Crippen molar-refractivity contribution in [2.24, 2.45) is 11.3 Å². The Morgan fingerprint density at radius 2 is 1.74 bits per heavy atom. The normalized spacial score (nSPS) is 15.1. The summed E-state index contributed by atoms with van der Waals surface area (Å²) in [4.78, 5) is 16.7. The second kappa shape index (κ2) is 7.94. The van der Waals surface area contributed by atoms with Gasteiger partial charge in [0.15, 0.2) is 0 Å².